The van der Waals surface area contributed by atoms with E-state index in [1.807, 2.05) is 42.3 Å². The third kappa shape index (κ3) is 5.53. The molecule has 9 nitrogen and oxygen atoms in total. The van der Waals surface area contributed by atoms with Crippen molar-refractivity contribution in [2.24, 2.45) is 0 Å². The largest absolute Gasteiger partial charge is 0.489 e. The van der Waals surface area contributed by atoms with Gasteiger partial charge in [0.1, 0.15) is 18.1 Å². The lowest BCUT2D eigenvalue weighted by atomic mass is 10.2. The lowest BCUT2D eigenvalue weighted by Gasteiger charge is -2.31. The molecule has 0 saturated carbocycles. The molecular formula is C24H25N3O6S. The van der Waals surface area contributed by atoms with Crippen LogP contribution in [-0.4, -0.2) is 55.8 Å². The van der Waals surface area contributed by atoms with E-state index in [1.165, 1.54) is 16.4 Å². The van der Waals surface area contributed by atoms with Crippen molar-refractivity contribution in [2.45, 2.75) is 11.5 Å². The van der Waals surface area contributed by atoms with Crippen LogP contribution in [0.15, 0.2) is 77.7 Å². The molecule has 0 atom stereocenters. The summed E-state index contributed by atoms with van der Waals surface area (Å²) in [5.41, 5.74) is 0.615. The van der Waals surface area contributed by atoms with Crippen LogP contribution in [0.2, 0.25) is 0 Å². The number of nitro groups is 1. The molecule has 10 heteroatoms. The molecule has 0 bridgehead atoms. The first-order valence-corrected chi connectivity index (χ1v) is 12.2. The van der Waals surface area contributed by atoms with E-state index in [0.717, 1.165) is 11.6 Å². The predicted molar refractivity (Wildman–Crippen MR) is 127 cm³/mol. The van der Waals surface area contributed by atoms with Gasteiger partial charge in [-0.15, -0.1) is 0 Å². The van der Waals surface area contributed by atoms with Crippen molar-refractivity contribution in [3.8, 4) is 17.2 Å². The predicted octanol–water partition coefficient (Wildman–Crippen LogP) is 3.90. The summed E-state index contributed by atoms with van der Waals surface area (Å²) >= 11 is 0. The number of piperazine rings is 1. The second-order valence-corrected chi connectivity index (χ2v) is 9.88. The van der Waals surface area contributed by atoms with Crippen molar-refractivity contribution in [1.29, 1.82) is 0 Å². The Hall–Kier alpha value is -3.47. The van der Waals surface area contributed by atoms with Gasteiger partial charge in [0.15, 0.2) is 0 Å². The van der Waals surface area contributed by atoms with E-state index < -0.39 is 20.6 Å². The third-order valence-electron chi connectivity index (χ3n) is 5.53. The molecule has 0 spiro atoms. The van der Waals surface area contributed by atoms with E-state index in [4.69, 9.17) is 9.47 Å². The number of hydrogen-bond acceptors (Lipinski definition) is 7. The number of sulfonamides is 1. The van der Waals surface area contributed by atoms with Gasteiger partial charge < -0.3 is 14.4 Å². The van der Waals surface area contributed by atoms with Gasteiger partial charge in [0.05, 0.1) is 9.82 Å². The summed E-state index contributed by atoms with van der Waals surface area (Å²) in [6.07, 6.45) is 0. The van der Waals surface area contributed by atoms with Crippen LogP contribution in [0.5, 0.6) is 17.2 Å². The van der Waals surface area contributed by atoms with Gasteiger partial charge in [0.2, 0.25) is 15.8 Å². The second-order valence-electron chi connectivity index (χ2n) is 7.94. The summed E-state index contributed by atoms with van der Waals surface area (Å²) < 4.78 is 38.7. The number of hydrogen-bond donors (Lipinski definition) is 0. The monoisotopic (exact) mass is 483 g/mol. The van der Waals surface area contributed by atoms with Gasteiger partial charge in [-0.2, -0.15) is 4.31 Å². The molecule has 1 aliphatic rings. The van der Waals surface area contributed by atoms with Gasteiger partial charge in [-0.05, 0) is 49.0 Å². The highest BCUT2D eigenvalue weighted by Gasteiger charge is 2.30. The Bertz CT molecular complexity index is 1240. The van der Waals surface area contributed by atoms with Gasteiger partial charge in [-0.25, -0.2) is 8.42 Å². The molecule has 0 unspecified atom stereocenters. The molecule has 178 valence electrons. The first-order chi connectivity index (χ1) is 16.3. The Balaban J connectivity index is 1.48. The van der Waals surface area contributed by atoms with Gasteiger partial charge in [-0.3, -0.25) is 10.1 Å². The van der Waals surface area contributed by atoms with Crippen LogP contribution >= 0.6 is 0 Å². The topological polar surface area (TPSA) is 102 Å². The van der Waals surface area contributed by atoms with Crippen molar-refractivity contribution in [2.75, 3.05) is 33.2 Å². The Kier molecular flexibility index (Phi) is 7.11. The highest BCUT2D eigenvalue weighted by atomic mass is 32.2. The minimum atomic E-state index is -3.84. The maximum absolute atomic E-state index is 13.0. The van der Waals surface area contributed by atoms with Gasteiger partial charge in [0.25, 0.3) is 0 Å². The Morgan fingerprint density at radius 2 is 1.56 bits per heavy atom. The SMILES string of the molecule is CN1CCN(S(=O)(=O)c2ccc(Oc3ccc(OCc4ccccc4)cc3)c([N+](=O)[O-])c2)CC1. The quantitative estimate of drug-likeness (QED) is 0.354. The van der Waals surface area contributed by atoms with Gasteiger partial charge in [0, 0.05) is 32.2 Å². The summed E-state index contributed by atoms with van der Waals surface area (Å²) in [7, 11) is -1.92. The first kappa shape index (κ1) is 23.7. The summed E-state index contributed by atoms with van der Waals surface area (Å²) in [5.74, 6) is 0.949. The molecule has 1 aliphatic heterocycles. The fourth-order valence-corrected chi connectivity index (χ4v) is 4.98. The van der Waals surface area contributed by atoms with Crippen molar-refractivity contribution >= 4 is 15.7 Å². The molecule has 0 N–H and O–H groups in total. The number of nitro benzene ring substituents is 1. The van der Waals surface area contributed by atoms with Crippen LogP contribution in [0.4, 0.5) is 5.69 Å². The van der Waals surface area contributed by atoms with Crippen LogP contribution in [-0.2, 0) is 16.6 Å². The molecule has 4 rings (SSSR count). The average molecular weight is 484 g/mol. The summed E-state index contributed by atoms with van der Waals surface area (Å²) in [4.78, 5) is 12.9. The van der Waals surface area contributed by atoms with E-state index in [2.05, 4.69) is 0 Å². The molecule has 0 radical (unpaired) electrons. The first-order valence-electron chi connectivity index (χ1n) is 10.7. The van der Waals surface area contributed by atoms with Gasteiger partial charge >= 0.3 is 5.69 Å². The van der Waals surface area contributed by atoms with E-state index >= 15 is 0 Å². The fourth-order valence-electron chi connectivity index (χ4n) is 3.54. The Morgan fingerprint density at radius 1 is 0.912 bits per heavy atom. The number of ether oxygens (including phenoxy) is 2. The molecular weight excluding hydrogens is 458 g/mol. The van der Waals surface area contributed by atoms with E-state index in [9.17, 15) is 18.5 Å². The van der Waals surface area contributed by atoms with E-state index in [-0.39, 0.29) is 10.6 Å². The number of nitrogens with zero attached hydrogens (tertiary/aromatic N) is 3. The van der Waals surface area contributed by atoms with Crippen LogP contribution in [0.25, 0.3) is 0 Å². The molecule has 1 fully saturated rings. The molecule has 1 heterocycles. The van der Waals surface area contributed by atoms with Crippen molar-refractivity contribution in [1.82, 2.24) is 9.21 Å². The lowest BCUT2D eigenvalue weighted by Crippen LogP contribution is -2.47. The Labute approximate surface area is 198 Å². The lowest BCUT2D eigenvalue weighted by molar-refractivity contribution is -0.385. The minimum absolute atomic E-state index is 0.0414. The van der Waals surface area contributed by atoms with Crippen molar-refractivity contribution in [3.63, 3.8) is 0 Å². The molecule has 3 aromatic rings. The number of benzene rings is 3. The molecule has 1 saturated heterocycles. The number of rotatable bonds is 8. The molecule has 0 aromatic heterocycles. The second kappa shape index (κ2) is 10.2. The summed E-state index contributed by atoms with van der Waals surface area (Å²) in [6, 6.07) is 20.1. The smallest absolute Gasteiger partial charge is 0.312 e. The normalized spacial score (nSPS) is 15.1. The van der Waals surface area contributed by atoms with Crippen molar-refractivity contribution < 1.29 is 22.8 Å². The van der Waals surface area contributed by atoms with Crippen LogP contribution in [0.3, 0.4) is 0 Å². The molecule has 0 aliphatic carbocycles. The summed E-state index contributed by atoms with van der Waals surface area (Å²) in [6.45, 7) is 2.30. The van der Waals surface area contributed by atoms with E-state index in [1.54, 1.807) is 24.3 Å². The number of likely N-dealkylation sites (N-methyl/N-ethyl adjacent to an activating group) is 1. The zero-order valence-corrected chi connectivity index (χ0v) is 19.5. The van der Waals surface area contributed by atoms with E-state index in [0.29, 0.717) is 44.3 Å². The molecule has 3 aromatic carbocycles. The van der Waals surface area contributed by atoms with Gasteiger partial charge in [-0.1, -0.05) is 30.3 Å². The maximum atomic E-state index is 13.0. The average Bonchev–Trinajstić information content (AvgIpc) is 2.84. The molecule has 0 amide bonds. The standard InChI is InChI=1S/C24H25N3O6S/c1-25-13-15-26(16-14-25)34(30,31)22-11-12-24(23(17-22)27(28)29)33-21-9-7-20(8-10-21)32-18-19-5-3-2-4-6-19/h2-12,17H,13-16,18H2,1H3. The van der Waals surface area contributed by atoms with Crippen LogP contribution in [0, 0.1) is 10.1 Å². The minimum Gasteiger partial charge on any atom is -0.489 e. The third-order valence-corrected chi connectivity index (χ3v) is 7.42. The van der Waals surface area contributed by atoms with Crippen LogP contribution < -0.4 is 9.47 Å². The molecule has 34 heavy (non-hydrogen) atoms. The highest BCUT2D eigenvalue weighted by molar-refractivity contribution is 7.89. The maximum Gasteiger partial charge on any atom is 0.312 e. The summed E-state index contributed by atoms with van der Waals surface area (Å²) in [5, 5.41) is 11.7. The Morgan fingerprint density at radius 3 is 2.21 bits per heavy atom. The fraction of sp³-hybridized carbons (Fsp3) is 0.250. The van der Waals surface area contributed by atoms with Crippen molar-refractivity contribution in [3.05, 3.63) is 88.5 Å². The highest BCUT2D eigenvalue weighted by Crippen LogP contribution is 2.35. The zero-order valence-electron chi connectivity index (χ0n) is 18.7. The van der Waals surface area contributed by atoms with Crippen LogP contribution in [0.1, 0.15) is 5.56 Å². The zero-order chi connectivity index (χ0) is 24.1.